The van der Waals surface area contributed by atoms with Crippen LogP contribution in [0.2, 0.25) is 0 Å². The number of aliphatic hydroxyl groups is 1. The minimum absolute atomic E-state index is 0.00439. The second kappa shape index (κ2) is 8.08. The molecule has 1 fully saturated rings. The van der Waals surface area contributed by atoms with Crippen LogP contribution in [0.5, 0.6) is 0 Å². The quantitative estimate of drug-likeness (QED) is 0.595. The Balaban J connectivity index is 2.37. The van der Waals surface area contributed by atoms with E-state index in [-0.39, 0.29) is 17.7 Å². The summed E-state index contributed by atoms with van der Waals surface area (Å²) in [6.45, 7) is 7.66. The van der Waals surface area contributed by atoms with Crippen molar-refractivity contribution in [1.82, 2.24) is 9.96 Å². The smallest absolute Gasteiger partial charge is 0.250 e. The summed E-state index contributed by atoms with van der Waals surface area (Å²) in [5.74, 6) is 4.09. The van der Waals surface area contributed by atoms with Crippen LogP contribution in [0, 0.1) is 11.8 Å². The highest BCUT2D eigenvalue weighted by atomic mass is 32.1. The first kappa shape index (κ1) is 20.2. The summed E-state index contributed by atoms with van der Waals surface area (Å²) >= 11 is 1.40. The molecule has 2 aliphatic rings. The Hall–Kier alpha value is -1.08. The van der Waals surface area contributed by atoms with Crippen LogP contribution in [0.4, 0.5) is 0 Å². The lowest BCUT2D eigenvalue weighted by Crippen LogP contribution is -2.64. The standard InChI is InChI=1S/C19H31N2O3S/c1-13(2)17(14(3)12-25-6)15-11-16(22)19(20(4)18(15)23)7-9-21(24-5)10-8-19/h11-13,16-17,22H,6-10H2,1-5H3/q+1/b14-12-. The zero-order valence-corrected chi connectivity index (χ0v) is 16.8. The summed E-state index contributed by atoms with van der Waals surface area (Å²) in [5.41, 5.74) is 1.28. The number of aliphatic hydroxyl groups excluding tert-OH is 1. The SMILES string of the molecule is C=[S+]/C=C(/C)C(C1=CC(O)C2(CCN(OC)CC2)N(C)C1=O)C(C)C. The third-order valence-electron chi connectivity index (χ3n) is 5.72. The van der Waals surface area contributed by atoms with Gasteiger partial charge in [-0.25, -0.2) is 0 Å². The number of piperidine rings is 1. The molecule has 2 atom stereocenters. The lowest BCUT2D eigenvalue weighted by atomic mass is 9.73. The first-order chi connectivity index (χ1) is 11.8. The van der Waals surface area contributed by atoms with Gasteiger partial charge in [0.1, 0.15) is 0 Å². The number of rotatable bonds is 5. The van der Waals surface area contributed by atoms with Crippen LogP contribution < -0.4 is 0 Å². The minimum Gasteiger partial charge on any atom is -0.387 e. The summed E-state index contributed by atoms with van der Waals surface area (Å²) in [4.78, 5) is 20.3. The average Bonchev–Trinajstić information content (AvgIpc) is 2.58. The summed E-state index contributed by atoms with van der Waals surface area (Å²) in [6.07, 6.45) is 2.54. The molecule has 140 valence electrons. The number of carbonyl (C=O) groups excluding carboxylic acids is 1. The number of amides is 1. The molecule has 1 amide bonds. The van der Waals surface area contributed by atoms with Crippen molar-refractivity contribution in [2.75, 3.05) is 27.2 Å². The fourth-order valence-electron chi connectivity index (χ4n) is 4.25. The molecule has 2 aliphatic heterocycles. The molecular formula is C19H31N2O3S+. The third-order valence-corrected chi connectivity index (χ3v) is 6.25. The van der Waals surface area contributed by atoms with E-state index in [4.69, 9.17) is 4.84 Å². The molecule has 2 rings (SSSR count). The molecule has 0 aromatic heterocycles. The molecule has 1 saturated heterocycles. The van der Waals surface area contributed by atoms with E-state index >= 15 is 0 Å². The van der Waals surface area contributed by atoms with E-state index in [0.29, 0.717) is 31.5 Å². The van der Waals surface area contributed by atoms with Crippen LogP contribution in [0.25, 0.3) is 0 Å². The van der Waals surface area contributed by atoms with Gasteiger partial charge in [-0.2, -0.15) is 5.06 Å². The van der Waals surface area contributed by atoms with Gasteiger partial charge in [0.05, 0.1) is 18.8 Å². The lowest BCUT2D eigenvalue weighted by molar-refractivity contribution is -0.177. The number of hydroxylamine groups is 2. The van der Waals surface area contributed by atoms with Crippen LogP contribution in [0.15, 0.2) is 22.6 Å². The van der Waals surface area contributed by atoms with Crippen molar-refractivity contribution in [2.24, 2.45) is 11.8 Å². The monoisotopic (exact) mass is 367 g/mol. The normalized spacial score (nSPS) is 26.1. The van der Waals surface area contributed by atoms with E-state index in [1.807, 2.05) is 24.4 Å². The maximum Gasteiger partial charge on any atom is 0.250 e. The second-order valence-corrected chi connectivity index (χ2v) is 7.97. The van der Waals surface area contributed by atoms with E-state index in [2.05, 4.69) is 19.7 Å². The van der Waals surface area contributed by atoms with Crippen LogP contribution >= 0.6 is 0 Å². The molecule has 0 bridgehead atoms. The first-order valence-electron chi connectivity index (χ1n) is 8.83. The Morgan fingerprint density at radius 3 is 2.56 bits per heavy atom. The summed E-state index contributed by atoms with van der Waals surface area (Å²) in [7, 11) is 3.48. The molecule has 0 aromatic rings. The fraction of sp³-hybridized carbons (Fsp3) is 0.684. The minimum atomic E-state index is -0.661. The second-order valence-electron chi connectivity index (χ2n) is 7.40. The highest BCUT2D eigenvalue weighted by molar-refractivity contribution is 7.79. The van der Waals surface area contributed by atoms with Crippen molar-refractivity contribution in [3.05, 3.63) is 22.6 Å². The van der Waals surface area contributed by atoms with Gasteiger partial charge in [0, 0.05) is 31.6 Å². The van der Waals surface area contributed by atoms with Crippen molar-refractivity contribution in [3.63, 3.8) is 0 Å². The Morgan fingerprint density at radius 1 is 1.48 bits per heavy atom. The van der Waals surface area contributed by atoms with E-state index in [9.17, 15) is 9.90 Å². The van der Waals surface area contributed by atoms with Crippen LogP contribution in [0.1, 0.15) is 33.6 Å². The van der Waals surface area contributed by atoms with Gasteiger partial charge in [0.25, 0.3) is 0 Å². The number of likely N-dealkylation sites (N-methyl/N-ethyl adjacent to an activating group) is 1. The van der Waals surface area contributed by atoms with E-state index in [1.54, 1.807) is 18.1 Å². The van der Waals surface area contributed by atoms with E-state index in [1.165, 1.54) is 11.4 Å². The average molecular weight is 368 g/mol. The number of allylic oxidation sites excluding steroid dienone is 1. The maximum absolute atomic E-state index is 13.2. The Bertz CT molecular complexity index is 577. The van der Waals surface area contributed by atoms with Crippen molar-refractivity contribution < 1.29 is 14.7 Å². The van der Waals surface area contributed by atoms with Gasteiger partial charge < -0.3 is 14.8 Å². The predicted molar refractivity (Wildman–Crippen MR) is 104 cm³/mol. The van der Waals surface area contributed by atoms with Gasteiger partial charge in [-0.1, -0.05) is 13.8 Å². The largest absolute Gasteiger partial charge is 0.387 e. The summed E-state index contributed by atoms with van der Waals surface area (Å²) in [5, 5.41) is 14.9. The zero-order chi connectivity index (χ0) is 18.8. The summed E-state index contributed by atoms with van der Waals surface area (Å²) in [6, 6.07) is 0. The predicted octanol–water partition coefficient (Wildman–Crippen LogP) is 1.83. The van der Waals surface area contributed by atoms with Gasteiger partial charge in [0.15, 0.2) is 11.3 Å². The molecule has 0 aromatic carbocycles. The first-order valence-corrected chi connectivity index (χ1v) is 9.88. The molecule has 0 radical (unpaired) electrons. The van der Waals surface area contributed by atoms with Crippen LogP contribution in [-0.4, -0.2) is 65.7 Å². The molecule has 2 heterocycles. The van der Waals surface area contributed by atoms with Gasteiger partial charge in [0.2, 0.25) is 17.3 Å². The number of carbonyl (C=O) groups is 1. The third kappa shape index (κ3) is 3.72. The number of hydrogen-bond acceptors (Lipinski definition) is 4. The lowest BCUT2D eigenvalue weighted by Gasteiger charge is -2.51. The van der Waals surface area contributed by atoms with E-state index in [0.717, 1.165) is 5.57 Å². The van der Waals surface area contributed by atoms with Crippen LogP contribution in [0.3, 0.4) is 0 Å². The number of nitrogens with zero attached hydrogens (tertiary/aromatic N) is 2. The molecular weight excluding hydrogens is 336 g/mol. The molecule has 0 aliphatic carbocycles. The molecule has 1 spiro atoms. The fourth-order valence-corrected chi connectivity index (χ4v) is 4.66. The molecule has 1 N–H and O–H groups in total. The molecule has 5 nitrogen and oxygen atoms in total. The van der Waals surface area contributed by atoms with Crippen molar-refractivity contribution in [2.45, 2.75) is 45.3 Å². The van der Waals surface area contributed by atoms with Gasteiger partial charge in [-0.05, 0) is 37.3 Å². The molecule has 0 saturated carbocycles. The topological polar surface area (TPSA) is 53.0 Å². The Labute approximate surface area is 155 Å². The zero-order valence-electron chi connectivity index (χ0n) is 16.0. The Kier molecular flexibility index (Phi) is 6.54. The van der Waals surface area contributed by atoms with Crippen LogP contribution in [-0.2, 0) is 21.0 Å². The van der Waals surface area contributed by atoms with Gasteiger partial charge in [-0.15, -0.1) is 0 Å². The molecule has 2 unspecified atom stereocenters. The number of hydrogen-bond donors (Lipinski definition) is 1. The highest BCUT2D eigenvalue weighted by Crippen LogP contribution is 2.40. The van der Waals surface area contributed by atoms with Crippen molar-refractivity contribution >= 4 is 23.1 Å². The van der Waals surface area contributed by atoms with Gasteiger partial charge >= 0.3 is 0 Å². The Morgan fingerprint density at radius 2 is 2.08 bits per heavy atom. The molecule has 25 heavy (non-hydrogen) atoms. The van der Waals surface area contributed by atoms with Gasteiger partial charge in [-0.3, -0.25) is 4.79 Å². The van der Waals surface area contributed by atoms with Crippen molar-refractivity contribution in [1.29, 1.82) is 0 Å². The molecule has 6 heteroatoms. The maximum atomic E-state index is 13.2. The summed E-state index contributed by atoms with van der Waals surface area (Å²) < 4.78 is 0. The van der Waals surface area contributed by atoms with E-state index < -0.39 is 11.6 Å². The van der Waals surface area contributed by atoms with Crippen molar-refractivity contribution in [3.8, 4) is 0 Å². The highest BCUT2D eigenvalue weighted by Gasteiger charge is 2.50.